The monoisotopic (exact) mass is 216 g/mol. The Labute approximate surface area is 94.2 Å². The summed E-state index contributed by atoms with van der Waals surface area (Å²) in [6.07, 6.45) is 4.55. The summed E-state index contributed by atoms with van der Waals surface area (Å²) in [6.45, 7) is 0.823. The van der Waals surface area contributed by atoms with Gasteiger partial charge in [-0.2, -0.15) is 5.26 Å². The summed E-state index contributed by atoms with van der Waals surface area (Å²) in [5.74, 6) is 0. The highest BCUT2D eigenvalue weighted by atomic mass is 16.5. The molecule has 0 atom stereocenters. The minimum Gasteiger partial charge on any atom is -0.427 e. The molecule has 0 spiro atoms. The van der Waals surface area contributed by atoms with Crippen LogP contribution in [0.1, 0.15) is 11.1 Å². The molecule has 0 heterocycles. The summed E-state index contributed by atoms with van der Waals surface area (Å²) in [5, 5.41) is 8.26. The molecule has 0 saturated heterocycles. The van der Waals surface area contributed by atoms with E-state index in [4.69, 9.17) is 5.26 Å². The van der Waals surface area contributed by atoms with Gasteiger partial charge in [0.05, 0.1) is 6.54 Å². The molecule has 0 aromatic heterocycles. The Hall–Kier alpha value is -2.11. The van der Waals surface area contributed by atoms with Crippen LogP contribution in [0.25, 0.3) is 0 Å². The van der Waals surface area contributed by atoms with E-state index in [1.54, 1.807) is 6.26 Å². The van der Waals surface area contributed by atoms with Crippen LogP contribution in [0, 0.1) is 11.5 Å². The van der Waals surface area contributed by atoms with Crippen molar-refractivity contribution >= 4 is 6.08 Å². The predicted molar refractivity (Wildman–Crippen MR) is 58.4 cm³/mol. The van der Waals surface area contributed by atoms with Crippen LogP contribution < -0.4 is 0 Å². The molecule has 1 rings (SSSR count). The number of nitriles is 1. The maximum Gasteiger partial charge on any atom is 0.286 e. The Morgan fingerprint density at radius 3 is 2.56 bits per heavy atom. The van der Waals surface area contributed by atoms with Gasteiger partial charge >= 0.3 is 0 Å². The van der Waals surface area contributed by atoms with Crippen molar-refractivity contribution in [3.05, 3.63) is 35.4 Å². The summed E-state index contributed by atoms with van der Waals surface area (Å²) >= 11 is 0. The molecule has 0 bridgehead atoms. The largest absolute Gasteiger partial charge is 0.427 e. The summed E-state index contributed by atoms with van der Waals surface area (Å²) in [7, 11) is 0. The Morgan fingerprint density at radius 2 is 1.94 bits per heavy atom. The van der Waals surface area contributed by atoms with Gasteiger partial charge in [0.2, 0.25) is 6.08 Å². The lowest BCUT2D eigenvalue weighted by Crippen LogP contribution is -2.00. The standard InChI is InChI=1S/C12H12N2O2/c13-9-16-8-6-12-4-2-1-3-11(12)5-7-14-10-15/h1-4H,5-8H2. The van der Waals surface area contributed by atoms with Crippen molar-refractivity contribution in [2.24, 2.45) is 4.99 Å². The zero-order valence-corrected chi connectivity index (χ0v) is 8.85. The van der Waals surface area contributed by atoms with Gasteiger partial charge in [0.25, 0.3) is 6.26 Å². The third-order valence-electron chi connectivity index (χ3n) is 2.21. The van der Waals surface area contributed by atoms with Crippen LogP contribution in [0.5, 0.6) is 0 Å². The molecule has 0 N–H and O–H groups in total. The molecule has 1 aromatic rings. The van der Waals surface area contributed by atoms with Crippen LogP contribution in [0.15, 0.2) is 29.3 Å². The smallest absolute Gasteiger partial charge is 0.286 e. The van der Waals surface area contributed by atoms with E-state index in [9.17, 15) is 4.79 Å². The summed E-state index contributed by atoms with van der Waals surface area (Å²) < 4.78 is 4.64. The van der Waals surface area contributed by atoms with E-state index in [-0.39, 0.29) is 0 Å². The quantitative estimate of drug-likeness (QED) is 0.314. The van der Waals surface area contributed by atoms with Crippen LogP contribution in [-0.2, 0) is 22.4 Å². The normalized spacial score (nSPS) is 8.94. The Morgan fingerprint density at radius 1 is 1.25 bits per heavy atom. The van der Waals surface area contributed by atoms with Gasteiger partial charge in [0.15, 0.2) is 0 Å². The van der Waals surface area contributed by atoms with Gasteiger partial charge < -0.3 is 4.74 Å². The van der Waals surface area contributed by atoms with Gasteiger partial charge in [0, 0.05) is 6.42 Å². The molecule has 82 valence electrons. The molecule has 0 aliphatic heterocycles. The van der Waals surface area contributed by atoms with Crippen LogP contribution in [-0.4, -0.2) is 19.2 Å². The van der Waals surface area contributed by atoms with Gasteiger partial charge in [-0.1, -0.05) is 24.3 Å². The van der Waals surface area contributed by atoms with Gasteiger partial charge in [-0.05, 0) is 17.5 Å². The van der Waals surface area contributed by atoms with Crippen LogP contribution in [0.4, 0.5) is 0 Å². The number of benzene rings is 1. The van der Waals surface area contributed by atoms with Crippen molar-refractivity contribution in [1.82, 2.24) is 0 Å². The number of ether oxygens (including phenoxy) is 1. The van der Waals surface area contributed by atoms with Crippen molar-refractivity contribution < 1.29 is 9.53 Å². The fourth-order valence-corrected chi connectivity index (χ4v) is 1.47. The second-order valence-electron chi connectivity index (χ2n) is 3.18. The number of carbonyl (C=O) groups excluding carboxylic acids is 1. The van der Waals surface area contributed by atoms with E-state index in [0.717, 1.165) is 11.1 Å². The fraction of sp³-hybridized carbons (Fsp3) is 0.333. The van der Waals surface area contributed by atoms with Crippen LogP contribution >= 0.6 is 0 Å². The molecular formula is C12H12N2O2. The van der Waals surface area contributed by atoms with Gasteiger partial charge in [0.1, 0.15) is 6.61 Å². The molecule has 0 unspecified atom stereocenters. The third kappa shape index (κ3) is 3.95. The topological polar surface area (TPSA) is 62.4 Å². The number of hydrogen-bond acceptors (Lipinski definition) is 4. The average Bonchev–Trinajstić information content (AvgIpc) is 2.32. The second kappa shape index (κ2) is 7.22. The first-order valence-electron chi connectivity index (χ1n) is 4.99. The van der Waals surface area contributed by atoms with E-state index in [1.165, 1.54) is 6.08 Å². The highest BCUT2D eigenvalue weighted by Gasteiger charge is 2.01. The summed E-state index contributed by atoms with van der Waals surface area (Å²) in [4.78, 5) is 13.5. The molecule has 0 aliphatic rings. The van der Waals surface area contributed by atoms with Crippen molar-refractivity contribution in [1.29, 1.82) is 5.26 Å². The Kier molecular flexibility index (Phi) is 5.40. The maximum absolute atomic E-state index is 9.94. The van der Waals surface area contributed by atoms with E-state index in [2.05, 4.69) is 9.73 Å². The summed E-state index contributed by atoms with van der Waals surface area (Å²) in [5.41, 5.74) is 2.25. The lowest BCUT2D eigenvalue weighted by Gasteiger charge is -2.06. The molecule has 0 fully saturated rings. The molecule has 4 heteroatoms. The van der Waals surface area contributed by atoms with E-state index < -0.39 is 0 Å². The number of nitrogens with zero attached hydrogens (tertiary/aromatic N) is 2. The van der Waals surface area contributed by atoms with E-state index >= 15 is 0 Å². The predicted octanol–water partition coefficient (Wildman–Crippen LogP) is 1.61. The molecule has 16 heavy (non-hydrogen) atoms. The number of hydrogen-bond donors (Lipinski definition) is 0. The highest BCUT2D eigenvalue weighted by Crippen LogP contribution is 2.10. The fourth-order valence-electron chi connectivity index (χ4n) is 1.47. The van der Waals surface area contributed by atoms with Gasteiger partial charge in [-0.3, -0.25) is 0 Å². The molecule has 0 amide bonds. The zero-order chi connectivity index (χ0) is 11.6. The van der Waals surface area contributed by atoms with Crippen molar-refractivity contribution in [2.75, 3.05) is 13.2 Å². The minimum absolute atomic E-state index is 0.379. The SMILES string of the molecule is N#COCCc1ccccc1CCN=C=O. The van der Waals surface area contributed by atoms with Gasteiger partial charge in [-0.15, -0.1) is 0 Å². The lowest BCUT2D eigenvalue weighted by molar-refractivity contribution is 0.274. The highest BCUT2D eigenvalue weighted by molar-refractivity contribution is 5.33. The van der Waals surface area contributed by atoms with Crippen molar-refractivity contribution in [2.45, 2.75) is 12.8 Å². The van der Waals surface area contributed by atoms with Crippen LogP contribution in [0.3, 0.4) is 0 Å². The number of rotatable bonds is 6. The molecule has 0 radical (unpaired) electrons. The molecule has 0 saturated carbocycles. The Balaban J connectivity index is 2.60. The van der Waals surface area contributed by atoms with Crippen LogP contribution in [0.2, 0.25) is 0 Å². The molecular weight excluding hydrogens is 204 g/mol. The van der Waals surface area contributed by atoms with Crippen molar-refractivity contribution in [3.63, 3.8) is 0 Å². The second-order valence-corrected chi connectivity index (χ2v) is 3.18. The molecule has 1 aromatic carbocycles. The first-order valence-corrected chi connectivity index (χ1v) is 4.99. The third-order valence-corrected chi connectivity index (χ3v) is 2.21. The first-order chi connectivity index (χ1) is 7.88. The maximum atomic E-state index is 9.94. The number of aliphatic imine (C=N–C) groups is 1. The first kappa shape index (κ1) is 12.0. The van der Waals surface area contributed by atoms with Crippen molar-refractivity contribution in [3.8, 4) is 6.26 Å². The zero-order valence-electron chi connectivity index (χ0n) is 8.85. The number of isocyanates is 1. The van der Waals surface area contributed by atoms with E-state index in [1.807, 2.05) is 24.3 Å². The summed E-state index contributed by atoms with van der Waals surface area (Å²) in [6, 6.07) is 7.85. The average molecular weight is 216 g/mol. The van der Waals surface area contributed by atoms with Gasteiger partial charge in [-0.25, -0.2) is 9.79 Å². The Bertz CT molecular complexity index is 417. The minimum atomic E-state index is 0.379. The molecule has 0 aliphatic carbocycles. The van der Waals surface area contributed by atoms with E-state index in [0.29, 0.717) is 26.0 Å². The lowest BCUT2D eigenvalue weighted by atomic mass is 10.0. The molecule has 4 nitrogen and oxygen atoms in total.